The molecular weight excluding hydrogens is 336 g/mol. The van der Waals surface area contributed by atoms with Crippen molar-refractivity contribution in [3.63, 3.8) is 0 Å². The van der Waals surface area contributed by atoms with Crippen molar-refractivity contribution in [2.45, 2.75) is 37.6 Å². The van der Waals surface area contributed by atoms with Gasteiger partial charge in [0.05, 0.1) is 4.90 Å². The second kappa shape index (κ2) is 8.78. The maximum Gasteiger partial charge on any atom is 0.241 e. The van der Waals surface area contributed by atoms with Crippen molar-refractivity contribution >= 4 is 15.9 Å². The zero-order chi connectivity index (χ0) is 18.3. The minimum atomic E-state index is -3.59. The van der Waals surface area contributed by atoms with Crippen LogP contribution in [0.15, 0.2) is 59.5 Å². The molecular formula is C19H24N2O3S. The van der Waals surface area contributed by atoms with E-state index in [4.69, 9.17) is 0 Å². The van der Waals surface area contributed by atoms with Crippen LogP contribution in [-0.2, 0) is 21.2 Å². The molecule has 0 radical (unpaired) electrons. The van der Waals surface area contributed by atoms with E-state index in [2.05, 4.69) is 10.0 Å². The summed E-state index contributed by atoms with van der Waals surface area (Å²) in [6, 6.07) is 15.8. The zero-order valence-corrected chi connectivity index (χ0v) is 15.3. The summed E-state index contributed by atoms with van der Waals surface area (Å²) in [4.78, 5) is 11.7. The van der Waals surface area contributed by atoms with Crippen molar-refractivity contribution in [3.05, 3.63) is 65.7 Å². The maximum atomic E-state index is 12.5. The summed E-state index contributed by atoms with van der Waals surface area (Å²) in [6.07, 6.45) is 0.975. The first kappa shape index (κ1) is 19.1. The van der Waals surface area contributed by atoms with E-state index in [0.717, 1.165) is 11.1 Å². The monoisotopic (exact) mass is 360 g/mol. The van der Waals surface area contributed by atoms with Crippen LogP contribution in [0.25, 0.3) is 0 Å². The molecule has 5 nitrogen and oxygen atoms in total. The molecule has 0 fully saturated rings. The number of amides is 1. The van der Waals surface area contributed by atoms with E-state index in [0.29, 0.717) is 19.4 Å². The van der Waals surface area contributed by atoms with Crippen LogP contribution in [0, 0.1) is 0 Å². The highest BCUT2D eigenvalue weighted by atomic mass is 32.2. The van der Waals surface area contributed by atoms with Crippen molar-refractivity contribution in [1.82, 2.24) is 10.0 Å². The summed E-state index contributed by atoms with van der Waals surface area (Å²) in [5.74, 6) is -0.00227. The Morgan fingerprint density at radius 1 is 1.04 bits per heavy atom. The summed E-state index contributed by atoms with van der Waals surface area (Å²) in [5, 5.41) is 2.74. The summed E-state index contributed by atoms with van der Waals surface area (Å²) in [6.45, 7) is 4.30. The van der Waals surface area contributed by atoms with Gasteiger partial charge in [-0.2, -0.15) is 0 Å². The molecule has 0 aromatic heterocycles. The summed E-state index contributed by atoms with van der Waals surface area (Å²) in [5.41, 5.74) is 1.84. The summed E-state index contributed by atoms with van der Waals surface area (Å²) >= 11 is 0. The molecule has 0 heterocycles. The molecule has 0 aliphatic heterocycles. The SMILES string of the molecule is CCNC(=O)CCc1ccc(S(=O)(=O)N[C@H](C)c2ccccc2)cc1. The molecule has 0 saturated heterocycles. The van der Waals surface area contributed by atoms with Crippen molar-refractivity contribution in [1.29, 1.82) is 0 Å². The van der Waals surface area contributed by atoms with Crippen molar-refractivity contribution < 1.29 is 13.2 Å². The first-order valence-electron chi connectivity index (χ1n) is 8.35. The molecule has 2 aromatic carbocycles. The number of carbonyl (C=O) groups is 1. The molecule has 0 spiro atoms. The third-order valence-electron chi connectivity index (χ3n) is 3.88. The van der Waals surface area contributed by atoms with Crippen molar-refractivity contribution in [2.75, 3.05) is 6.54 Å². The van der Waals surface area contributed by atoms with E-state index in [9.17, 15) is 13.2 Å². The minimum absolute atomic E-state index is 0.00227. The summed E-state index contributed by atoms with van der Waals surface area (Å²) < 4.78 is 27.7. The molecule has 1 amide bonds. The smallest absolute Gasteiger partial charge is 0.241 e. The van der Waals surface area contributed by atoms with E-state index >= 15 is 0 Å². The van der Waals surface area contributed by atoms with Gasteiger partial charge in [-0.25, -0.2) is 13.1 Å². The average Bonchev–Trinajstić information content (AvgIpc) is 2.61. The lowest BCUT2D eigenvalue weighted by Crippen LogP contribution is -2.26. The summed E-state index contributed by atoms with van der Waals surface area (Å²) in [7, 11) is -3.59. The highest BCUT2D eigenvalue weighted by molar-refractivity contribution is 7.89. The number of hydrogen-bond donors (Lipinski definition) is 2. The van der Waals surface area contributed by atoms with Crippen LogP contribution in [0.4, 0.5) is 0 Å². The Morgan fingerprint density at radius 2 is 1.68 bits per heavy atom. The van der Waals surface area contributed by atoms with E-state index in [1.165, 1.54) is 0 Å². The van der Waals surface area contributed by atoms with Gasteiger partial charge in [0.15, 0.2) is 0 Å². The number of hydrogen-bond acceptors (Lipinski definition) is 3. The lowest BCUT2D eigenvalue weighted by Gasteiger charge is -2.15. The number of nitrogens with one attached hydrogen (secondary N) is 2. The van der Waals surface area contributed by atoms with Gasteiger partial charge in [0, 0.05) is 19.0 Å². The molecule has 1 atom stereocenters. The minimum Gasteiger partial charge on any atom is -0.356 e. The average molecular weight is 360 g/mol. The number of sulfonamides is 1. The molecule has 0 bridgehead atoms. The Labute approximate surface area is 149 Å². The van der Waals surface area contributed by atoms with Crippen LogP contribution in [-0.4, -0.2) is 20.9 Å². The van der Waals surface area contributed by atoms with Gasteiger partial charge in [0.1, 0.15) is 0 Å². The van der Waals surface area contributed by atoms with Gasteiger partial charge in [-0.1, -0.05) is 42.5 Å². The second-order valence-corrected chi connectivity index (χ2v) is 7.57. The number of rotatable bonds is 8. The normalized spacial score (nSPS) is 12.6. The van der Waals surface area contributed by atoms with Gasteiger partial charge >= 0.3 is 0 Å². The Balaban J connectivity index is 2.01. The van der Waals surface area contributed by atoms with Crippen LogP contribution >= 0.6 is 0 Å². The van der Waals surface area contributed by atoms with Crippen LogP contribution in [0.1, 0.15) is 37.4 Å². The van der Waals surface area contributed by atoms with E-state index in [1.807, 2.05) is 44.2 Å². The van der Waals surface area contributed by atoms with Gasteiger partial charge in [0.2, 0.25) is 15.9 Å². The molecule has 0 aliphatic rings. The first-order chi connectivity index (χ1) is 11.9. The van der Waals surface area contributed by atoms with E-state index in [-0.39, 0.29) is 16.8 Å². The maximum absolute atomic E-state index is 12.5. The molecule has 0 unspecified atom stereocenters. The van der Waals surface area contributed by atoms with Gasteiger partial charge in [-0.05, 0) is 43.5 Å². The standard InChI is InChI=1S/C19H24N2O3S/c1-3-20-19(22)14-11-16-9-12-18(13-10-16)25(23,24)21-15(2)17-7-5-4-6-8-17/h4-10,12-13,15,21H,3,11,14H2,1-2H3,(H,20,22)/t15-/m1/s1. The quantitative estimate of drug-likeness (QED) is 0.760. The van der Waals surface area contributed by atoms with Gasteiger partial charge in [-0.3, -0.25) is 4.79 Å². The number of aryl methyl sites for hydroxylation is 1. The fourth-order valence-corrected chi connectivity index (χ4v) is 3.72. The topological polar surface area (TPSA) is 75.3 Å². The fraction of sp³-hybridized carbons (Fsp3) is 0.316. The fourth-order valence-electron chi connectivity index (χ4n) is 2.49. The second-order valence-electron chi connectivity index (χ2n) is 5.85. The van der Waals surface area contributed by atoms with Crippen LogP contribution in [0.3, 0.4) is 0 Å². The third-order valence-corrected chi connectivity index (χ3v) is 5.44. The molecule has 25 heavy (non-hydrogen) atoms. The zero-order valence-electron chi connectivity index (χ0n) is 14.5. The van der Waals surface area contributed by atoms with Crippen LogP contribution in [0.2, 0.25) is 0 Å². The number of benzene rings is 2. The highest BCUT2D eigenvalue weighted by Gasteiger charge is 2.18. The van der Waals surface area contributed by atoms with Crippen LogP contribution in [0.5, 0.6) is 0 Å². The predicted molar refractivity (Wildman–Crippen MR) is 98.6 cm³/mol. The largest absolute Gasteiger partial charge is 0.356 e. The van der Waals surface area contributed by atoms with Gasteiger partial charge in [0.25, 0.3) is 0 Å². The van der Waals surface area contributed by atoms with Crippen molar-refractivity contribution in [2.24, 2.45) is 0 Å². The van der Waals surface area contributed by atoms with E-state index < -0.39 is 10.0 Å². The predicted octanol–water partition coefficient (Wildman–Crippen LogP) is 2.79. The molecule has 0 saturated carbocycles. The molecule has 0 aliphatic carbocycles. The molecule has 2 rings (SSSR count). The third kappa shape index (κ3) is 5.69. The van der Waals surface area contributed by atoms with Gasteiger partial charge < -0.3 is 5.32 Å². The first-order valence-corrected chi connectivity index (χ1v) is 9.83. The Bertz CT molecular complexity index is 787. The molecule has 134 valence electrons. The van der Waals surface area contributed by atoms with Crippen LogP contribution < -0.4 is 10.0 Å². The Kier molecular flexibility index (Phi) is 6.73. The molecule has 2 aromatic rings. The molecule has 6 heteroatoms. The number of carbonyl (C=O) groups excluding carboxylic acids is 1. The van der Waals surface area contributed by atoms with Crippen molar-refractivity contribution in [3.8, 4) is 0 Å². The van der Waals surface area contributed by atoms with E-state index in [1.54, 1.807) is 24.3 Å². The Morgan fingerprint density at radius 3 is 2.28 bits per heavy atom. The lowest BCUT2D eigenvalue weighted by atomic mass is 10.1. The molecule has 2 N–H and O–H groups in total. The Hall–Kier alpha value is -2.18. The lowest BCUT2D eigenvalue weighted by molar-refractivity contribution is -0.120. The highest BCUT2D eigenvalue weighted by Crippen LogP contribution is 2.17. The van der Waals surface area contributed by atoms with Gasteiger partial charge in [-0.15, -0.1) is 0 Å².